The highest BCUT2D eigenvalue weighted by Gasteiger charge is 2.36. The van der Waals surface area contributed by atoms with Gasteiger partial charge in [0.2, 0.25) is 5.91 Å². The lowest BCUT2D eigenvalue weighted by Gasteiger charge is -2.26. The van der Waals surface area contributed by atoms with Crippen molar-refractivity contribution in [3.05, 3.63) is 29.8 Å². The van der Waals surface area contributed by atoms with Crippen LogP contribution in [-0.2, 0) is 11.3 Å². The standard InChI is InChI=1S/C17H25N3OS.2ClH/c18-17(6-1-2-7-17)16(21)19-15-5-3-4-14(12-15)13-20-8-10-22-11-9-20;;/h3-5,12H,1-2,6-11,13,18H2,(H,19,21);2*1H. The molecule has 0 unspecified atom stereocenters. The van der Waals surface area contributed by atoms with Crippen LogP contribution in [0, 0.1) is 0 Å². The van der Waals surface area contributed by atoms with Gasteiger partial charge in [-0.05, 0) is 30.5 Å². The molecule has 136 valence electrons. The molecular weight excluding hydrogens is 365 g/mol. The number of halogens is 2. The van der Waals surface area contributed by atoms with E-state index in [0.717, 1.165) is 51.0 Å². The van der Waals surface area contributed by atoms with Crippen LogP contribution in [0.15, 0.2) is 24.3 Å². The van der Waals surface area contributed by atoms with Crippen LogP contribution in [0.2, 0.25) is 0 Å². The zero-order valence-electron chi connectivity index (χ0n) is 13.8. The average molecular weight is 392 g/mol. The van der Waals surface area contributed by atoms with E-state index in [1.54, 1.807) is 0 Å². The minimum atomic E-state index is -0.667. The van der Waals surface area contributed by atoms with Gasteiger partial charge in [-0.25, -0.2) is 0 Å². The summed E-state index contributed by atoms with van der Waals surface area (Å²) < 4.78 is 0. The second kappa shape index (κ2) is 9.88. The Bertz CT molecular complexity index is 532. The fourth-order valence-electron chi connectivity index (χ4n) is 3.25. The molecule has 1 amide bonds. The predicted molar refractivity (Wildman–Crippen MR) is 108 cm³/mol. The smallest absolute Gasteiger partial charge is 0.244 e. The van der Waals surface area contributed by atoms with Crippen molar-refractivity contribution in [2.75, 3.05) is 29.9 Å². The summed E-state index contributed by atoms with van der Waals surface area (Å²) in [5.74, 6) is 2.40. The first-order chi connectivity index (χ1) is 10.7. The van der Waals surface area contributed by atoms with E-state index >= 15 is 0 Å². The van der Waals surface area contributed by atoms with Gasteiger partial charge in [0.25, 0.3) is 0 Å². The maximum atomic E-state index is 12.4. The maximum absolute atomic E-state index is 12.4. The van der Waals surface area contributed by atoms with Gasteiger partial charge < -0.3 is 11.1 Å². The fraction of sp³-hybridized carbons (Fsp3) is 0.588. The zero-order chi connectivity index (χ0) is 15.4. The molecule has 0 aromatic heterocycles. The van der Waals surface area contributed by atoms with Crippen molar-refractivity contribution in [2.24, 2.45) is 5.73 Å². The lowest BCUT2D eigenvalue weighted by molar-refractivity contribution is -0.121. The molecule has 0 atom stereocenters. The third-order valence-electron chi connectivity index (χ3n) is 4.64. The summed E-state index contributed by atoms with van der Waals surface area (Å²) in [5, 5.41) is 3.02. The molecule has 24 heavy (non-hydrogen) atoms. The predicted octanol–water partition coefficient (Wildman–Crippen LogP) is 3.29. The Balaban J connectivity index is 0.00000144. The molecule has 3 N–H and O–H groups in total. The van der Waals surface area contributed by atoms with Crippen LogP contribution in [0.4, 0.5) is 5.69 Å². The average Bonchev–Trinajstić information content (AvgIpc) is 2.97. The fourth-order valence-corrected chi connectivity index (χ4v) is 4.23. The minimum Gasteiger partial charge on any atom is -0.324 e. The van der Waals surface area contributed by atoms with Crippen molar-refractivity contribution in [3.8, 4) is 0 Å². The Hall–Kier alpha value is -0.460. The molecule has 0 radical (unpaired) electrons. The number of hydrogen-bond donors (Lipinski definition) is 2. The third-order valence-corrected chi connectivity index (χ3v) is 5.59. The summed E-state index contributed by atoms with van der Waals surface area (Å²) in [6, 6.07) is 8.18. The van der Waals surface area contributed by atoms with Crippen molar-refractivity contribution in [1.29, 1.82) is 0 Å². The van der Waals surface area contributed by atoms with Crippen LogP contribution in [0.3, 0.4) is 0 Å². The van der Waals surface area contributed by atoms with E-state index in [0.29, 0.717) is 0 Å². The third kappa shape index (κ3) is 5.53. The second-order valence-corrected chi connectivity index (χ2v) is 7.63. The van der Waals surface area contributed by atoms with Gasteiger partial charge >= 0.3 is 0 Å². The van der Waals surface area contributed by atoms with Gasteiger partial charge in [-0.15, -0.1) is 24.8 Å². The minimum absolute atomic E-state index is 0. The number of rotatable bonds is 4. The van der Waals surface area contributed by atoms with E-state index in [4.69, 9.17) is 5.73 Å². The van der Waals surface area contributed by atoms with E-state index in [9.17, 15) is 4.79 Å². The molecule has 0 bridgehead atoms. The first-order valence-electron chi connectivity index (χ1n) is 8.15. The number of thioether (sulfide) groups is 1. The lowest BCUT2D eigenvalue weighted by Crippen LogP contribution is -2.48. The summed E-state index contributed by atoms with van der Waals surface area (Å²) in [6.45, 7) is 3.25. The highest BCUT2D eigenvalue weighted by atomic mass is 35.5. The molecule has 1 heterocycles. The largest absolute Gasteiger partial charge is 0.324 e. The quantitative estimate of drug-likeness (QED) is 0.826. The number of nitrogens with two attached hydrogens (primary N) is 1. The van der Waals surface area contributed by atoms with Crippen LogP contribution < -0.4 is 11.1 Å². The van der Waals surface area contributed by atoms with E-state index in [1.807, 2.05) is 23.9 Å². The van der Waals surface area contributed by atoms with E-state index in [1.165, 1.54) is 17.1 Å². The Morgan fingerprint density at radius 2 is 1.88 bits per heavy atom. The van der Waals surface area contributed by atoms with Gasteiger partial charge in [-0.3, -0.25) is 9.69 Å². The Morgan fingerprint density at radius 3 is 2.54 bits per heavy atom. The Labute approximate surface area is 161 Å². The van der Waals surface area contributed by atoms with Crippen LogP contribution in [0.1, 0.15) is 31.2 Å². The normalized spacial score (nSPS) is 19.9. The molecule has 2 fully saturated rings. The van der Waals surface area contributed by atoms with Crippen LogP contribution in [0.5, 0.6) is 0 Å². The number of carbonyl (C=O) groups is 1. The maximum Gasteiger partial charge on any atom is 0.244 e. The van der Waals surface area contributed by atoms with Crippen molar-refractivity contribution in [1.82, 2.24) is 4.90 Å². The SMILES string of the molecule is Cl.Cl.NC1(C(=O)Nc2cccc(CN3CCSCC3)c2)CCCC1. The summed E-state index contributed by atoms with van der Waals surface area (Å²) in [6.07, 6.45) is 3.70. The monoisotopic (exact) mass is 391 g/mol. The number of anilines is 1. The van der Waals surface area contributed by atoms with Crippen LogP contribution in [0.25, 0.3) is 0 Å². The number of hydrogen-bond acceptors (Lipinski definition) is 4. The zero-order valence-corrected chi connectivity index (χ0v) is 16.3. The Kier molecular flexibility index (Phi) is 8.88. The van der Waals surface area contributed by atoms with Gasteiger partial charge in [-0.1, -0.05) is 25.0 Å². The van der Waals surface area contributed by atoms with E-state index < -0.39 is 5.54 Å². The molecule has 0 spiro atoms. The summed E-state index contributed by atoms with van der Waals surface area (Å²) in [7, 11) is 0. The summed E-state index contributed by atoms with van der Waals surface area (Å²) >= 11 is 2.02. The number of benzene rings is 1. The van der Waals surface area contributed by atoms with Gasteiger partial charge in [0.05, 0.1) is 5.54 Å². The summed E-state index contributed by atoms with van der Waals surface area (Å²) in [4.78, 5) is 14.9. The molecule has 7 heteroatoms. The molecule has 2 aliphatic rings. The van der Waals surface area contributed by atoms with Crippen LogP contribution >= 0.6 is 36.6 Å². The first-order valence-corrected chi connectivity index (χ1v) is 9.31. The lowest BCUT2D eigenvalue weighted by atomic mass is 9.98. The number of nitrogens with zero attached hydrogens (tertiary/aromatic N) is 1. The topological polar surface area (TPSA) is 58.4 Å². The molecule has 1 aromatic carbocycles. The molecule has 1 saturated carbocycles. The number of carbonyl (C=O) groups excluding carboxylic acids is 1. The van der Waals surface area contributed by atoms with E-state index in [-0.39, 0.29) is 30.7 Å². The van der Waals surface area contributed by atoms with Gasteiger partial charge in [0.1, 0.15) is 0 Å². The summed E-state index contributed by atoms with van der Waals surface area (Å²) in [5.41, 5.74) is 7.67. The van der Waals surface area contributed by atoms with Crippen molar-refractivity contribution < 1.29 is 4.79 Å². The van der Waals surface area contributed by atoms with Gasteiger partial charge in [0, 0.05) is 36.8 Å². The van der Waals surface area contributed by atoms with Crippen molar-refractivity contribution in [2.45, 2.75) is 37.8 Å². The molecular formula is C17H27Cl2N3OS. The Morgan fingerprint density at radius 1 is 1.21 bits per heavy atom. The highest BCUT2D eigenvalue weighted by molar-refractivity contribution is 7.99. The molecule has 1 aliphatic heterocycles. The molecule has 1 aromatic rings. The molecule has 1 aliphatic carbocycles. The first kappa shape index (κ1) is 21.6. The number of amides is 1. The molecule has 1 saturated heterocycles. The second-order valence-electron chi connectivity index (χ2n) is 6.41. The van der Waals surface area contributed by atoms with Gasteiger partial charge in [0.15, 0.2) is 0 Å². The van der Waals surface area contributed by atoms with Gasteiger partial charge in [-0.2, -0.15) is 11.8 Å². The molecule has 4 nitrogen and oxygen atoms in total. The number of nitrogens with one attached hydrogen (secondary N) is 1. The van der Waals surface area contributed by atoms with Crippen molar-refractivity contribution in [3.63, 3.8) is 0 Å². The van der Waals surface area contributed by atoms with Crippen LogP contribution in [-0.4, -0.2) is 40.9 Å². The van der Waals surface area contributed by atoms with Crippen molar-refractivity contribution >= 4 is 48.2 Å². The van der Waals surface area contributed by atoms with E-state index in [2.05, 4.69) is 22.3 Å². The highest BCUT2D eigenvalue weighted by Crippen LogP contribution is 2.28. The molecule has 3 rings (SSSR count).